The molecular formula is C27H22ClN5O3S2. The second kappa shape index (κ2) is 9.63. The van der Waals surface area contributed by atoms with Gasteiger partial charge in [-0.25, -0.2) is 13.4 Å². The van der Waals surface area contributed by atoms with Crippen molar-refractivity contribution in [3.63, 3.8) is 0 Å². The Labute approximate surface area is 228 Å². The van der Waals surface area contributed by atoms with E-state index in [0.717, 1.165) is 10.3 Å². The summed E-state index contributed by atoms with van der Waals surface area (Å²) in [5, 5.41) is 8.48. The fourth-order valence-corrected chi connectivity index (χ4v) is 7.17. The van der Waals surface area contributed by atoms with E-state index in [1.807, 2.05) is 43.3 Å². The van der Waals surface area contributed by atoms with Crippen LogP contribution in [0.4, 0.5) is 5.82 Å². The molecule has 8 nitrogen and oxygen atoms in total. The van der Waals surface area contributed by atoms with Crippen molar-refractivity contribution < 1.29 is 13.2 Å². The molecule has 1 N–H and O–H groups in total. The van der Waals surface area contributed by atoms with E-state index >= 15 is 0 Å². The molecule has 5 aromatic rings. The van der Waals surface area contributed by atoms with Crippen molar-refractivity contribution in [2.75, 3.05) is 11.9 Å². The first-order chi connectivity index (χ1) is 18.3. The first kappa shape index (κ1) is 24.7. The zero-order valence-corrected chi connectivity index (χ0v) is 22.6. The Bertz CT molecular complexity index is 1800. The number of fused-ring (bicyclic) bond motifs is 2. The van der Waals surface area contributed by atoms with Crippen molar-refractivity contribution in [3.05, 3.63) is 100 Å². The number of carbonyl (C=O) groups excluding carboxylic acids is 1. The van der Waals surface area contributed by atoms with Crippen molar-refractivity contribution in [1.82, 2.24) is 19.1 Å². The third-order valence-electron chi connectivity index (χ3n) is 6.46. The van der Waals surface area contributed by atoms with Gasteiger partial charge in [0.2, 0.25) is 15.2 Å². The van der Waals surface area contributed by atoms with Crippen LogP contribution in [0.1, 0.15) is 27.2 Å². The van der Waals surface area contributed by atoms with E-state index in [9.17, 15) is 13.2 Å². The monoisotopic (exact) mass is 563 g/mol. The summed E-state index contributed by atoms with van der Waals surface area (Å²) in [6, 6.07) is 21.2. The summed E-state index contributed by atoms with van der Waals surface area (Å²) in [6.07, 6.45) is 0.670. The molecule has 1 aliphatic rings. The lowest BCUT2D eigenvalue weighted by atomic mass is 10.0. The largest absolute Gasteiger partial charge is 0.306 e. The average Bonchev–Trinajstić information content (AvgIpc) is 3.52. The van der Waals surface area contributed by atoms with E-state index in [0.29, 0.717) is 52.3 Å². The molecule has 3 aromatic carbocycles. The summed E-state index contributed by atoms with van der Waals surface area (Å²) < 4.78 is 30.5. The van der Waals surface area contributed by atoms with Gasteiger partial charge in [0, 0.05) is 24.7 Å². The maximum Gasteiger partial charge on any atom is 0.256 e. The number of benzene rings is 3. The molecule has 192 valence electrons. The molecule has 0 unspecified atom stereocenters. The number of hydrogen-bond donors (Lipinski definition) is 1. The van der Waals surface area contributed by atoms with Crippen LogP contribution in [-0.2, 0) is 23.0 Å². The summed E-state index contributed by atoms with van der Waals surface area (Å²) in [5.41, 5.74) is 3.89. The standard InChI is InChI=1S/C27H22ClN5O3S2/c1-17-15-24(33(31-17)27-30-25-22(28)7-4-8-23(25)37-27)29-26(34)19-9-11-21(12-10-19)38(35,36)32-14-13-18-5-2-3-6-20(18)16-32/h2-12,15H,13-14,16H2,1H3,(H,29,34). The number of halogens is 1. The van der Waals surface area contributed by atoms with Crippen LogP contribution < -0.4 is 5.32 Å². The minimum absolute atomic E-state index is 0.153. The highest BCUT2D eigenvalue weighted by Crippen LogP contribution is 2.31. The summed E-state index contributed by atoms with van der Waals surface area (Å²) in [7, 11) is -3.69. The average molecular weight is 564 g/mol. The van der Waals surface area contributed by atoms with Gasteiger partial charge in [-0.2, -0.15) is 14.1 Å². The SMILES string of the molecule is Cc1cc(NC(=O)c2ccc(S(=O)(=O)N3CCc4ccccc4C3)cc2)n(-c2nc3c(Cl)cccc3s2)n1. The lowest BCUT2D eigenvalue weighted by Gasteiger charge is -2.28. The zero-order chi connectivity index (χ0) is 26.4. The van der Waals surface area contributed by atoms with Gasteiger partial charge in [0.25, 0.3) is 5.91 Å². The highest BCUT2D eigenvalue weighted by molar-refractivity contribution is 7.89. The molecule has 0 atom stereocenters. The molecule has 2 aromatic heterocycles. The number of aryl methyl sites for hydroxylation is 1. The Hall–Kier alpha value is -3.57. The molecule has 1 aliphatic heterocycles. The molecule has 0 aliphatic carbocycles. The number of sulfonamides is 1. The van der Waals surface area contributed by atoms with E-state index in [4.69, 9.17) is 11.6 Å². The predicted octanol–water partition coefficient (Wildman–Crippen LogP) is 5.44. The highest BCUT2D eigenvalue weighted by Gasteiger charge is 2.28. The summed E-state index contributed by atoms with van der Waals surface area (Å²) in [5.74, 6) is 0.0625. The number of aromatic nitrogens is 3. The predicted molar refractivity (Wildman–Crippen MR) is 149 cm³/mol. The molecule has 6 rings (SSSR count). The maximum absolute atomic E-state index is 13.3. The Morgan fingerprint density at radius 1 is 1.03 bits per heavy atom. The smallest absolute Gasteiger partial charge is 0.256 e. The van der Waals surface area contributed by atoms with Crippen LogP contribution >= 0.6 is 22.9 Å². The summed E-state index contributed by atoms with van der Waals surface area (Å²) in [4.78, 5) is 17.8. The molecule has 1 amide bonds. The second-order valence-corrected chi connectivity index (χ2v) is 12.4. The van der Waals surface area contributed by atoms with Gasteiger partial charge in [-0.3, -0.25) is 4.79 Å². The van der Waals surface area contributed by atoms with E-state index in [2.05, 4.69) is 15.4 Å². The van der Waals surface area contributed by atoms with Gasteiger partial charge in [0.15, 0.2) is 0 Å². The molecule has 3 heterocycles. The molecule has 11 heteroatoms. The Morgan fingerprint density at radius 3 is 2.55 bits per heavy atom. The summed E-state index contributed by atoms with van der Waals surface area (Å²) in [6.45, 7) is 2.58. The molecule has 0 saturated heterocycles. The van der Waals surface area contributed by atoms with Crippen LogP contribution in [0.5, 0.6) is 0 Å². The first-order valence-corrected chi connectivity index (χ1v) is 14.5. The first-order valence-electron chi connectivity index (χ1n) is 11.9. The fraction of sp³-hybridized carbons (Fsp3) is 0.148. The highest BCUT2D eigenvalue weighted by atomic mass is 35.5. The van der Waals surface area contributed by atoms with Gasteiger partial charge < -0.3 is 5.32 Å². The Kier molecular flexibility index (Phi) is 6.27. The van der Waals surface area contributed by atoms with E-state index in [-0.39, 0.29) is 10.8 Å². The van der Waals surface area contributed by atoms with E-state index in [1.54, 1.807) is 16.8 Å². The number of para-hydroxylation sites is 1. The molecule has 0 fully saturated rings. The van der Waals surface area contributed by atoms with Crippen molar-refractivity contribution >= 4 is 54.9 Å². The molecule has 0 radical (unpaired) electrons. The molecule has 0 spiro atoms. The Morgan fingerprint density at radius 2 is 1.79 bits per heavy atom. The van der Waals surface area contributed by atoms with Crippen LogP contribution in [-0.4, -0.2) is 39.9 Å². The Balaban J connectivity index is 1.22. The number of thiazole rings is 1. The number of hydrogen-bond acceptors (Lipinski definition) is 6. The number of nitrogens with zero attached hydrogens (tertiary/aromatic N) is 4. The van der Waals surface area contributed by atoms with Crippen LogP contribution in [0.25, 0.3) is 15.3 Å². The minimum Gasteiger partial charge on any atom is -0.306 e. The summed E-state index contributed by atoms with van der Waals surface area (Å²) >= 11 is 7.69. The number of amides is 1. The van der Waals surface area contributed by atoms with Gasteiger partial charge in [-0.15, -0.1) is 0 Å². The fourth-order valence-electron chi connectivity index (χ4n) is 4.52. The lowest BCUT2D eigenvalue weighted by Crippen LogP contribution is -2.35. The quantitative estimate of drug-likeness (QED) is 0.307. The van der Waals surface area contributed by atoms with E-state index in [1.165, 1.54) is 45.5 Å². The molecular weight excluding hydrogens is 542 g/mol. The molecule has 0 bridgehead atoms. The van der Waals surface area contributed by atoms with Crippen molar-refractivity contribution in [2.24, 2.45) is 0 Å². The third-order valence-corrected chi connectivity index (χ3v) is 9.62. The zero-order valence-electron chi connectivity index (χ0n) is 20.3. The molecule has 0 saturated carbocycles. The van der Waals surface area contributed by atoms with Crippen molar-refractivity contribution in [3.8, 4) is 5.13 Å². The van der Waals surface area contributed by atoms with Gasteiger partial charge in [-0.05, 0) is 60.9 Å². The topological polar surface area (TPSA) is 97.2 Å². The second-order valence-electron chi connectivity index (χ2n) is 9.00. The van der Waals surface area contributed by atoms with Gasteiger partial charge in [0.1, 0.15) is 11.3 Å². The van der Waals surface area contributed by atoms with Crippen LogP contribution in [0, 0.1) is 6.92 Å². The number of carbonyl (C=O) groups is 1. The number of rotatable bonds is 5. The van der Waals surface area contributed by atoms with E-state index < -0.39 is 10.0 Å². The number of anilines is 1. The third kappa shape index (κ3) is 4.49. The van der Waals surface area contributed by atoms with Crippen molar-refractivity contribution in [2.45, 2.75) is 24.8 Å². The normalized spacial score (nSPS) is 13.9. The minimum atomic E-state index is -3.69. The van der Waals surface area contributed by atoms with Gasteiger partial charge in [0.05, 0.1) is 20.3 Å². The van der Waals surface area contributed by atoms with Crippen LogP contribution in [0.15, 0.2) is 77.7 Å². The van der Waals surface area contributed by atoms with Gasteiger partial charge in [-0.1, -0.05) is 53.3 Å². The van der Waals surface area contributed by atoms with Crippen LogP contribution in [0.2, 0.25) is 5.02 Å². The van der Waals surface area contributed by atoms with Gasteiger partial charge >= 0.3 is 0 Å². The maximum atomic E-state index is 13.3. The number of nitrogens with one attached hydrogen (secondary N) is 1. The van der Waals surface area contributed by atoms with Crippen LogP contribution in [0.3, 0.4) is 0 Å². The molecule has 38 heavy (non-hydrogen) atoms. The lowest BCUT2D eigenvalue weighted by molar-refractivity contribution is 0.102. The van der Waals surface area contributed by atoms with Crippen molar-refractivity contribution in [1.29, 1.82) is 0 Å².